The van der Waals surface area contributed by atoms with E-state index in [4.69, 9.17) is 10.2 Å². The number of rotatable bonds is 6. The summed E-state index contributed by atoms with van der Waals surface area (Å²) in [5.74, 6) is 2.96. The lowest BCUT2D eigenvalue weighted by Crippen LogP contribution is -2.11. The number of nitrogens with two attached hydrogens (primary N) is 1. The number of thioether (sulfide) groups is 1. The molecule has 0 atom stereocenters. The van der Waals surface area contributed by atoms with Crippen molar-refractivity contribution in [2.75, 3.05) is 5.75 Å². The van der Waals surface area contributed by atoms with Gasteiger partial charge in [0.2, 0.25) is 5.91 Å². The Morgan fingerprint density at radius 1 is 1.62 bits per heavy atom. The molecule has 1 aromatic rings. The average Bonchev–Trinajstić information content (AvgIpc) is 2.58. The monoisotopic (exact) mass is 240 g/mol. The van der Waals surface area contributed by atoms with E-state index in [9.17, 15) is 4.79 Å². The highest BCUT2D eigenvalue weighted by Crippen LogP contribution is 2.38. The Balaban J connectivity index is 1.80. The van der Waals surface area contributed by atoms with Crippen LogP contribution in [0.3, 0.4) is 0 Å². The van der Waals surface area contributed by atoms with Crippen LogP contribution in [0.5, 0.6) is 0 Å². The van der Waals surface area contributed by atoms with E-state index in [0.29, 0.717) is 12.3 Å². The molecule has 0 aromatic carbocycles. The molecule has 0 spiro atoms. The molecule has 1 heterocycles. The maximum Gasteiger partial charge on any atom is 0.218 e. The zero-order valence-corrected chi connectivity index (χ0v) is 9.96. The Bertz CT molecular complexity index is 361. The number of oxazole rings is 1. The highest BCUT2D eigenvalue weighted by atomic mass is 32.2. The van der Waals surface area contributed by atoms with Gasteiger partial charge in [0.05, 0.1) is 5.69 Å². The van der Waals surface area contributed by atoms with E-state index < -0.39 is 0 Å². The normalized spacial score (nSPS) is 16.0. The topological polar surface area (TPSA) is 69.1 Å². The quantitative estimate of drug-likeness (QED) is 0.773. The van der Waals surface area contributed by atoms with Gasteiger partial charge >= 0.3 is 0 Å². The first kappa shape index (κ1) is 11.5. The highest BCUT2D eigenvalue weighted by Gasteiger charge is 2.25. The number of carbonyl (C=O) groups excluding carboxylic acids is 1. The SMILES string of the molecule is NC(=O)CCSCc1ncoc1C1CCC1. The summed E-state index contributed by atoms with van der Waals surface area (Å²) >= 11 is 1.68. The average molecular weight is 240 g/mol. The van der Waals surface area contributed by atoms with Gasteiger partial charge in [0, 0.05) is 23.8 Å². The Labute approximate surface area is 99.0 Å². The summed E-state index contributed by atoms with van der Waals surface area (Å²) in [7, 11) is 0. The van der Waals surface area contributed by atoms with E-state index in [2.05, 4.69) is 4.98 Å². The van der Waals surface area contributed by atoms with Gasteiger partial charge in [0.15, 0.2) is 6.39 Å². The second-order valence-corrected chi connectivity index (χ2v) is 5.17. The predicted octanol–water partition coefficient (Wildman–Crippen LogP) is 2.05. The largest absolute Gasteiger partial charge is 0.448 e. The van der Waals surface area contributed by atoms with Crippen molar-refractivity contribution >= 4 is 17.7 Å². The first-order valence-electron chi connectivity index (χ1n) is 5.55. The number of amides is 1. The minimum Gasteiger partial charge on any atom is -0.448 e. The highest BCUT2D eigenvalue weighted by molar-refractivity contribution is 7.98. The molecular weight excluding hydrogens is 224 g/mol. The molecule has 0 bridgehead atoms. The Kier molecular flexibility index (Phi) is 3.88. The first-order chi connectivity index (χ1) is 7.77. The van der Waals surface area contributed by atoms with Crippen molar-refractivity contribution in [1.29, 1.82) is 0 Å². The molecule has 1 aromatic heterocycles. The second kappa shape index (κ2) is 5.39. The standard InChI is InChI=1S/C11H16N2O2S/c12-10(14)4-5-16-6-9-11(15-7-13-9)8-2-1-3-8/h7-8H,1-6H2,(H2,12,14). The summed E-state index contributed by atoms with van der Waals surface area (Å²) in [6.45, 7) is 0. The van der Waals surface area contributed by atoms with Gasteiger partial charge in [-0.25, -0.2) is 4.98 Å². The third kappa shape index (κ3) is 2.78. The van der Waals surface area contributed by atoms with E-state index in [-0.39, 0.29) is 5.91 Å². The third-order valence-electron chi connectivity index (χ3n) is 2.88. The smallest absolute Gasteiger partial charge is 0.218 e. The summed E-state index contributed by atoms with van der Waals surface area (Å²) < 4.78 is 5.43. The molecule has 0 radical (unpaired) electrons. The van der Waals surface area contributed by atoms with E-state index in [1.54, 1.807) is 11.8 Å². The van der Waals surface area contributed by atoms with Crippen molar-refractivity contribution in [1.82, 2.24) is 4.98 Å². The minimum absolute atomic E-state index is 0.244. The molecule has 2 N–H and O–H groups in total. The second-order valence-electron chi connectivity index (χ2n) is 4.06. The van der Waals surface area contributed by atoms with Gasteiger partial charge in [-0.15, -0.1) is 0 Å². The first-order valence-corrected chi connectivity index (χ1v) is 6.71. The number of hydrogen-bond donors (Lipinski definition) is 1. The molecule has 5 heteroatoms. The van der Waals surface area contributed by atoms with Crippen LogP contribution in [0, 0.1) is 0 Å². The van der Waals surface area contributed by atoms with Gasteiger partial charge in [-0.2, -0.15) is 11.8 Å². The predicted molar refractivity (Wildman–Crippen MR) is 63.1 cm³/mol. The summed E-state index contributed by atoms with van der Waals surface area (Å²) in [5.41, 5.74) is 6.12. The number of aromatic nitrogens is 1. The van der Waals surface area contributed by atoms with Crippen molar-refractivity contribution in [3.05, 3.63) is 17.8 Å². The van der Waals surface area contributed by atoms with E-state index in [1.165, 1.54) is 25.7 Å². The van der Waals surface area contributed by atoms with Crippen LogP contribution in [0.25, 0.3) is 0 Å². The van der Waals surface area contributed by atoms with Crippen molar-refractivity contribution in [2.45, 2.75) is 37.4 Å². The fourth-order valence-electron chi connectivity index (χ4n) is 1.73. The molecule has 0 aliphatic heterocycles. The van der Waals surface area contributed by atoms with E-state index >= 15 is 0 Å². The molecule has 16 heavy (non-hydrogen) atoms. The molecule has 0 saturated heterocycles. The fourth-order valence-corrected chi connectivity index (χ4v) is 2.63. The van der Waals surface area contributed by atoms with Crippen LogP contribution in [-0.2, 0) is 10.5 Å². The number of nitrogens with zero attached hydrogens (tertiary/aromatic N) is 1. The van der Waals surface area contributed by atoms with Crippen LogP contribution < -0.4 is 5.73 Å². The van der Waals surface area contributed by atoms with Gasteiger partial charge in [-0.3, -0.25) is 4.79 Å². The Morgan fingerprint density at radius 3 is 3.06 bits per heavy atom. The Hall–Kier alpha value is -0.970. The van der Waals surface area contributed by atoms with Crippen LogP contribution in [-0.4, -0.2) is 16.6 Å². The van der Waals surface area contributed by atoms with Crippen LogP contribution in [0.4, 0.5) is 0 Å². The van der Waals surface area contributed by atoms with Gasteiger partial charge in [-0.05, 0) is 12.8 Å². The zero-order valence-electron chi connectivity index (χ0n) is 9.15. The van der Waals surface area contributed by atoms with Crippen LogP contribution in [0.15, 0.2) is 10.8 Å². The van der Waals surface area contributed by atoms with Gasteiger partial charge in [-0.1, -0.05) is 6.42 Å². The van der Waals surface area contributed by atoms with Crippen LogP contribution >= 0.6 is 11.8 Å². The minimum atomic E-state index is -0.244. The summed E-state index contributed by atoms with van der Waals surface area (Å²) in [5, 5.41) is 0. The molecule has 2 rings (SSSR count). The lowest BCUT2D eigenvalue weighted by molar-refractivity contribution is -0.117. The molecule has 1 aliphatic rings. The van der Waals surface area contributed by atoms with E-state index in [0.717, 1.165) is 23.0 Å². The summed E-state index contributed by atoms with van der Waals surface area (Å²) in [6, 6.07) is 0. The molecule has 88 valence electrons. The molecule has 1 aliphatic carbocycles. The van der Waals surface area contributed by atoms with Crippen molar-refractivity contribution in [3.8, 4) is 0 Å². The lowest BCUT2D eigenvalue weighted by Gasteiger charge is -2.23. The zero-order chi connectivity index (χ0) is 11.4. The molecule has 1 fully saturated rings. The van der Waals surface area contributed by atoms with E-state index in [1.807, 2.05) is 0 Å². The van der Waals surface area contributed by atoms with Gasteiger partial charge < -0.3 is 10.2 Å². The van der Waals surface area contributed by atoms with Crippen molar-refractivity contribution in [3.63, 3.8) is 0 Å². The summed E-state index contributed by atoms with van der Waals surface area (Å²) in [4.78, 5) is 14.8. The summed E-state index contributed by atoms with van der Waals surface area (Å²) in [6.07, 6.45) is 5.68. The molecule has 0 unspecified atom stereocenters. The van der Waals surface area contributed by atoms with Crippen LogP contribution in [0.2, 0.25) is 0 Å². The maximum atomic E-state index is 10.6. The lowest BCUT2D eigenvalue weighted by atomic mass is 9.83. The molecular formula is C11H16N2O2S. The van der Waals surface area contributed by atoms with Crippen molar-refractivity contribution < 1.29 is 9.21 Å². The molecule has 4 nitrogen and oxygen atoms in total. The molecule has 1 saturated carbocycles. The van der Waals surface area contributed by atoms with Crippen LogP contribution in [0.1, 0.15) is 43.1 Å². The fraction of sp³-hybridized carbons (Fsp3) is 0.636. The number of carbonyl (C=O) groups is 1. The molecule has 1 amide bonds. The maximum absolute atomic E-state index is 10.6. The van der Waals surface area contributed by atoms with Crippen molar-refractivity contribution in [2.24, 2.45) is 5.73 Å². The number of primary amides is 1. The third-order valence-corrected chi connectivity index (χ3v) is 3.85. The number of hydrogen-bond acceptors (Lipinski definition) is 4. The Morgan fingerprint density at radius 2 is 2.44 bits per heavy atom. The van der Waals surface area contributed by atoms with Gasteiger partial charge in [0.25, 0.3) is 0 Å². The van der Waals surface area contributed by atoms with Gasteiger partial charge in [0.1, 0.15) is 5.76 Å².